The van der Waals surface area contributed by atoms with Gasteiger partial charge >= 0.3 is 0 Å². The number of carbonyl (C=O) groups is 1. The van der Waals surface area contributed by atoms with Crippen molar-refractivity contribution in [2.75, 3.05) is 24.4 Å². The van der Waals surface area contributed by atoms with E-state index >= 15 is 0 Å². The van der Waals surface area contributed by atoms with Crippen LogP contribution < -0.4 is 20.1 Å². The highest BCUT2D eigenvalue weighted by Crippen LogP contribution is 2.37. The monoisotopic (exact) mass is 488 g/mol. The van der Waals surface area contributed by atoms with E-state index in [2.05, 4.69) is 26.6 Å². The molecule has 0 unspecified atom stereocenters. The van der Waals surface area contributed by atoms with E-state index in [-0.39, 0.29) is 12.5 Å². The first-order chi connectivity index (χ1) is 14.4. The molecule has 156 valence electrons. The average molecular weight is 490 g/mol. The largest absolute Gasteiger partial charge is 0.493 e. The summed E-state index contributed by atoms with van der Waals surface area (Å²) in [6, 6.07) is 18.9. The van der Waals surface area contributed by atoms with Crippen molar-refractivity contribution in [1.82, 2.24) is 0 Å². The van der Waals surface area contributed by atoms with Gasteiger partial charge in [0.1, 0.15) is 0 Å². The number of ether oxygens (including phenoxy) is 2. The zero-order valence-electron chi connectivity index (χ0n) is 16.7. The highest BCUT2D eigenvalue weighted by atomic mass is 79.9. The lowest BCUT2D eigenvalue weighted by Crippen LogP contribution is -2.20. The van der Waals surface area contributed by atoms with Gasteiger partial charge in [-0.25, -0.2) is 0 Å². The quantitative estimate of drug-likeness (QED) is 0.404. The first kappa shape index (κ1) is 22.0. The normalized spacial score (nSPS) is 10.4. The Labute approximate surface area is 189 Å². The van der Waals surface area contributed by atoms with Gasteiger partial charge in [0.15, 0.2) is 18.1 Å². The van der Waals surface area contributed by atoms with Gasteiger partial charge in [-0.1, -0.05) is 29.3 Å². The standard InChI is InChI=1S/C23H22BrClN2O3/c1-15-3-7-19(8-4-15)27-22(28)14-30-23-20(24)11-16(12-21(23)29-2)13-26-18-9-5-17(25)6-10-18/h3-12,26H,13-14H2,1-2H3,(H,27,28). The number of amides is 1. The fraction of sp³-hybridized carbons (Fsp3) is 0.174. The Morgan fingerprint density at radius 1 is 1.03 bits per heavy atom. The van der Waals surface area contributed by atoms with Crippen LogP contribution >= 0.6 is 27.5 Å². The molecule has 1 amide bonds. The van der Waals surface area contributed by atoms with Gasteiger partial charge in [-0.15, -0.1) is 0 Å². The van der Waals surface area contributed by atoms with E-state index in [0.717, 1.165) is 22.5 Å². The van der Waals surface area contributed by atoms with Crippen molar-refractivity contribution in [3.63, 3.8) is 0 Å². The van der Waals surface area contributed by atoms with Crippen molar-refractivity contribution in [3.05, 3.63) is 81.3 Å². The van der Waals surface area contributed by atoms with E-state index in [4.69, 9.17) is 21.1 Å². The van der Waals surface area contributed by atoms with Gasteiger partial charge in [-0.3, -0.25) is 4.79 Å². The van der Waals surface area contributed by atoms with E-state index in [1.165, 1.54) is 0 Å². The molecule has 5 nitrogen and oxygen atoms in total. The minimum atomic E-state index is -0.249. The second-order valence-electron chi connectivity index (χ2n) is 6.67. The van der Waals surface area contributed by atoms with Crippen LogP contribution in [-0.2, 0) is 11.3 Å². The molecular weight excluding hydrogens is 468 g/mol. The van der Waals surface area contributed by atoms with Gasteiger partial charge < -0.3 is 20.1 Å². The first-order valence-corrected chi connectivity index (χ1v) is 10.5. The molecule has 0 radical (unpaired) electrons. The van der Waals surface area contributed by atoms with Gasteiger partial charge in [0.25, 0.3) is 5.91 Å². The molecule has 0 atom stereocenters. The van der Waals surface area contributed by atoms with Crippen LogP contribution in [-0.4, -0.2) is 19.6 Å². The number of anilines is 2. The summed E-state index contributed by atoms with van der Waals surface area (Å²) in [6.45, 7) is 2.45. The van der Waals surface area contributed by atoms with Crippen LogP contribution in [0.1, 0.15) is 11.1 Å². The lowest BCUT2D eigenvalue weighted by Gasteiger charge is -2.15. The van der Waals surface area contributed by atoms with Crippen molar-refractivity contribution in [2.45, 2.75) is 13.5 Å². The minimum absolute atomic E-state index is 0.134. The summed E-state index contributed by atoms with van der Waals surface area (Å²) in [5.41, 5.74) is 3.81. The third kappa shape index (κ3) is 6.15. The average Bonchev–Trinajstić information content (AvgIpc) is 2.74. The molecule has 0 heterocycles. The Bertz CT molecular complexity index is 1010. The topological polar surface area (TPSA) is 59.6 Å². The molecule has 3 aromatic rings. The van der Waals surface area contributed by atoms with Gasteiger partial charge in [0.2, 0.25) is 0 Å². The molecule has 3 aromatic carbocycles. The van der Waals surface area contributed by atoms with Crippen LogP contribution in [0, 0.1) is 6.92 Å². The molecule has 0 saturated heterocycles. The highest BCUT2D eigenvalue weighted by molar-refractivity contribution is 9.10. The van der Waals surface area contributed by atoms with Crippen LogP contribution in [0.3, 0.4) is 0 Å². The van der Waals surface area contributed by atoms with Crippen molar-refractivity contribution in [3.8, 4) is 11.5 Å². The summed E-state index contributed by atoms with van der Waals surface area (Å²) in [5, 5.41) is 6.83. The molecule has 0 spiro atoms. The number of halogens is 2. The molecular formula is C23H22BrClN2O3. The molecule has 3 rings (SSSR count). The smallest absolute Gasteiger partial charge is 0.262 e. The lowest BCUT2D eigenvalue weighted by molar-refractivity contribution is -0.118. The van der Waals surface area contributed by atoms with Crippen molar-refractivity contribution < 1.29 is 14.3 Å². The summed E-state index contributed by atoms with van der Waals surface area (Å²) in [6.07, 6.45) is 0. The summed E-state index contributed by atoms with van der Waals surface area (Å²) in [4.78, 5) is 12.2. The van der Waals surface area contributed by atoms with Gasteiger partial charge in [0.05, 0.1) is 11.6 Å². The molecule has 30 heavy (non-hydrogen) atoms. The molecule has 0 aliphatic heterocycles. The lowest BCUT2D eigenvalue weighted by atomic mass is 10.2. The number of methoxy groups -OCH3 is 1. The molecule has 0 bridgehead atoms. The fourth-order valence-corrected chi connectivity index (χ4v) is 3.49. The zero-order chi connectivity index (χ0) is 21.5. The number of carbonyl (C=O) groups excluding carboxylic acids is 1. The Kier molecular flexibility index (Phi) is 7.60. The highest BCUT2D eigenvalue weighted by Gasteiger charge is 2.14. The Morgan fingerprint density at radius 3 is 2.37 bits per heavy atom. The second kappa shape index (κ2) is 10.4. The summed E-state index contributed by atoms with van der Waals surface area (Å²) < 4.78 is 11.9. The van der Waals surface area contributed by atoms with Crippen LogP contribution in [0.15, 0.2) is 65.1 Å². The van der Waals surface area contributed by atoms with Crippen LogP contribution in [0.2, 0.25) is 5.02 Å². The third-order valence-corrected chi connectivity index (χ3v) is 5.15. The first-order valence-electron chi connectivity index (χ1n) is 9.30. The predicted molar refractivity (Wildman–Crippen MR) is 125 cm³/mol. The third-order valence-electron chi connectivity index (χ3n) is 4.31. The Morgan fingerprint density at radius 2 is 1.70 bits per heavy atom. The SMILES string of the molecule is COc1cc(CNc2ccc(Cl)cc2)cc(Br)c1OCC(=O)Nc1ccc(C)cc1. The molecule has 7 heteroatoms. The van der Waals surface area contributed by atoms with E-state index in [1.54, 1.807) is 7.11 Å². The van der Waals surface area contributed by atoms with Crippen molar-refractivity contribution in [1.29, 1.82) is 0 Å². The Balaban J connectivity index is 1.62. The molecule has 0 aliphatic carbocycles. The van der Waals surface area contributed by atoms with E-state index in [9.17, 15) is 4.79 Å². The number of benzene rings is 3. The fourth-order valence-electron chi connectivity index (χ4n) is 2.76. The predicted octanol–water partition coefficient (Wildman–Crippen LogP) is 6.05. The van der Waals surface area contributed by atoms with Crippen LogP contribution in [0.25, 0.3) is 0 Å². The molecule has 0 aliphatic rings. The van der Waals surface area contributed by atoms with Crippen LogP contribution in [0.4, 0.5) is 11.4 Å². The van der Waals surface area contributed by atoms with Gasteiger partial charge in [0, 0.05) is 22.9 Å². The van der Waals surface area contributed by atoms with E-state index in [1.807, 2.05) is 67.6 Å². The maximum Gasteiger partial charge on any atom is 0.262 e. The maximum absolute atomic E-state index is 12.2. The number of rotatable bonds is 8. The van der Waals surface area contributed by atoms with E-state index in [0.29, 0.717) is 27.5 Å². The van der Waals surface area contributed by atoms with Crippen molar-refractivity contribution >= 4 is 44.8 Å². The second-order valence-corrected chi connectivity index (χ2v) is 7.96. The zero-order valence-corrected chi connectivity index (χ0v) is 19.0. The van der Waals surface area contributed by atoms with E-state index < -0.39 is 0 Å². The number of nitrogens with one attached hydrogen (secondary N) is 2. The maximum atomic E-state index is 12.2. The van der Waals surface area contributed by atoms with Gasteiger partial charge in [-0.2, -0.15) is 0 Å². The molecule has 0 saturated carbocycles. The summed E-state index contributed by atoms with van der Waals surface area (Å²) in [5.74, 6) is 0.772. The number of aryl methyl sites for hydroxylation is 1. The molecule has 2 N–H and O–H groups in total. The number of hydrogen-bond donors (Lipinski definition) is 2. The molecule has 0 fully saturated rings. The minimum Gasteiger partial charge on any atom is -0.493 e. The summed E-state index contributed by atoms with van der Waals surface area (Å²) in [7, 11) is 1.57. The number of hydrogen-bond acceptors (Lipinski definition) is 4. The molecule has 0 aromatic heterocycles. The van der Waals surface area contributed by atoms with Crippen molar-refractivity contribution in [2.24, 2.45) is 0 Å². The van der Waals surface area contributed by atoms with Crippen LogP contribution in [0.5, 0.6) is 11.5 Å². The summed E-state index contributed by atoms with van der Waals surface area (Å²) >= 11 is 9.43. The Hall–Kier alpha value is -2.70. The van der Waals surface area contributed by atoms with Gasteiger partial charge in [-0.05, 0) is 76.9 Å².